The lowest BCUT2D eigenvalue weighted by Crippen LogP contribution is -2.37. The fourth-order valence-corrected chi connectivity index (χ4v) is 2.97. The van der Waals surface area contributed by atoms with Crippen molar-refractivity contribution in [1.29, 1.82) is 0 Å². The molecule has 0 aromatic heterocycles. The van der Waals surface area contributed by atoms with Crippen LogP contribution < -0.4 is 45.0 Å². The van der Waals surface area contributed by atoms with E-state index >= 15 is 0 Å². The molecule has 16 heteroatoms. The number of carbonyl (C=O) groups excluding carboxylic acids is 5. The Labute approximate surface area is 286 Å². The van der Waals surface area contributed by atoms with Crippen molar-refractivity contribution in [2.45, 2.75) is 99.1 Å². The third-order valence-electron chi connectivity index (χ3n) is 5.34. The molecular weight excluding hydrogens is 618 g/mol. The van der Waals surface area contributed by atoms with E-state index in [2.05, 4.69) is 25.6 Å². The summed E-state index contributed by atoms with van der Waals surface area (Å²) in [7, 11) is 0. The second-order valence-electron chi connectivity index (χ2n) is 10.1. The summed E-state index contributed by atoms with van der Waals surface area (Å²) in [6.07, 6.45) is 5.64. The van der Waals surface area contributed by atoms with Gasteiger partial charge in [-0.2, -0.15) is 0 Å². The molecule has 0 saturated heterocycles. The molecule has 14 N–H and O–H groups in total. The summed E-state index contributed by atoms with van der Waals surface area (Å²) in [4.78, 5) is 62.8. The van der Waals surface area contributed by atoms with E-state index < -0.39 is 0 Å². The molecule has 16 nitrogen and oxygen atoms in total. The number of amides is 3. The van der Waals surface area contributed by atoms with Crippen LogP contribution in [-0.4, -0.2) is 79.6 Å². The Bertz CT molecular complexity index is 1120. The van der Waals surface area contributed by atoms with Crippen LogP contribution in [0.4, 0.5) is 5.69 Å². The number of aryl methyl sites for hydroxylation is 1. The van der Waals surface area contributed by atoms with Gasteiger partial charge in [-0.05, 0) is 71.9 Å². The Hall–Kier alpha value is -4.86. The van der Waals surface area contributed by atoms with Crippen molar-refractivity contribution in [3.05, 3.63) is 29.8 Å². The van der Waals surface area contributed by atoms with Crippen LogP contribution >= 0.6 is 0 Å². The highest BCUT2D eigenvalue weighted by Gasteiger charge is 2.06. The molecule has 1 aromatic rings. The minimum absolute atomic E-state index is 0.0269. The first-order chi connectivity index (χ1) is 22.5. The number of nitrogens with one attached hydrogen (secondary N) is 2. The molecule has 2 unspecified atom stereocenters. The van der Waals surface area contributed by atoms with Crippen molar-refractivity contribution in [2.24, 2.45) is 49.4 Å². The highest BCUT2D eigenvalue weighted by molar-refractivity contribution is 6.27. The van der Waals surface area contributed by atoms with Crippen molar-refractivity contribution >= 4 is 53.6 Å². The lowest BCUT2D eigenvalue weighted by Gasteiger charge is -2.11. The molecule has 0 aliphatic carbocycles. The predicted octanol–water partition coefficient (Wildman–Crippen LogP) is 0.831. The number of benzene rings is 1. The maximum Gasteiger partial charge on any atom is 0.233 e. The van der Waals surface area contributed by atoms with E-state index in [9.17, 15) is 19.2 Å². The van der Waals surface area contributed by atoms with Gasteiger partial charge in [-0.1, -0.05) is 32.0 Å². The molecule has 3 amide bonds. The lowest BCUT2D eigenvalue weighted by atomic mass is 10.2. The number of aliphatic imine (C=N–C) groups is 3. The van der Waals surface area contributed by atoms with E-state index in [1.807, 2.05) is 52.0 Å². The number of nitrogens with zero attached hydrogens (tertiary/aromatic N) is 3. The van der Waals surface area contributed by atoms with Gasteiger partial charge in [-0.3, -0.25) is 34.2 Å². The van der Waals surface area contributed by atoms with E-state index in [1.165, 1.54) is 6.92 Å². The topological polar surface area (TPSA) is 303 Å². The molecule has 1 aromatic carbocycles. The molecule has 2 atom stereocenters. The van der Waals surface area contributed by atoms with Crippen LogP contribution in [0.25, 0.3) is 0 Å². The van der Waals surface area contributed by atoms with Crippen LogP contribution in [0.2, 0.25) is 0 Å². The Morgan fingerprint density at radius 2 is 1.35 bits per heavy atom. The molecule has 274 valence electrons. The number of rotatable bonds is 15. The van der Waals surface area contributed by atoms with Crippen LogP contribution in [0.1, 0.15) is 85.6 Å². The normalized spacial score (nSPS) is 10.8. The molecular formula is C32H61N11O5. The zero-order valence-corrected chi connectivity index (χ0v) is 29.8. The molecule has 0 heterocycles. The van der Waals surface area contributed by atoms with E-state index in [0.717, 1.165) is 49.6 Å². The summed E-state index contributed by atoms with van der Waals surface area (Å²) in [6.45, 7) is 14.1. The summed E-state index contributed by atoms with van der Waals surface area (Å²) in [5, 5.41) is 5.48. The maximum atomic E-state index is 11.0. The smallest absolute Gasteiger partial charge is 0.233 e. The third-order valence-corrected chi connectivity index (χ3v) is 5.34. The Kier molecular flexibility index (Phi) is 36.5. The first kappa shape index (κ1) is 50.0. The molecule has 1 rings (SSSR count). The number of primary amides is 1. The van der Waals surface area contributed by atoms with Crippen molar-refractivity contribution in [1.82, 2.24) is 10.6 Å². The van der Waals surface area contributed by atoms with Crippen molar-refractivity contribution in [3.63, 3.8) is 0 Å². The average molecular weight is 680 g/mol. The molecule has 0 saturated carbocycles. The summed E-state index contributed by atoms with van der Waals surface area (Å²) in [5.41, 5.74) is 32.8. The van der Waals surface area contributed by atoms with Gasteiger partial charge in [-0.15, -0.1) is 0 Å². The van der Waals surface area contributed by atoms with E-state index in [1.54, 1.807) is 13.8 Å². The first-order valence-electron chi connectivity index (χ1n) is 15.7. The lowest BCUT2D eigenvalue weighted by molar-refractivity contribution is -0.121. The zero-order valence-electron chi connectivity index (χ0n) is 29.8. The predicted molar refractivity (Wildman–Crippen MR) is 196 cm³/mol. The minimum Gasteiger partial charge on any atom is -0.370 e. The van der Waals surface area contributed by atoms with E-state index in [4.69, 9.17) is 39.2 Å². The standard InChI is InChI=1S/C10H11NO.C9H20N4O.C7H15N3O2.C4H11N3.C2H4O/c1-8-5-3-4-6-10(8)11-9(2)7-12;1-3-8(14)13-7(2)5-4-6-12-9(10)11;1-5(2-3-6(9)11)10-7(12)4-8;1-2-3-7-4(5)6;1-2-3/h3-7H,1-2H3;7H,3-6H2,1-2H3,(H,13,14)(H4,10,11,12);5H,2-4,8H2,1H3,(H2,9,11)(H,10,12);2-3H2,1H3,(H4,5,6,7);2H,1H3. The molecule has 0 aliphatic rings. The quantitative estimate of drug-likeness (QED) is 0.0559. The Balaban J connectivity index is -0.000000267. The molecule has 0 radical (unpaired) electrons. The maximum absolute atomic E-state index is 11.0. The first-order valence-corrected chi connectivity index (χ1v) is 15.7. The fraction of sp³-hybridized carbons (Fsp3) is 0.562. The van der Waals surface area contributed by atoms with Gasteiger partial charge in [0.05, 0.1) is 17.9 Å². The van der Waals surface area contributed by atoms with Gasteiger partial charge >= 0.3 is 0 Å². The molecule has 48 heavy (non-hydrogen) atoms. The zero-order chi connectivity index (χ0) is 37.9. The number of para-hydroxylation sites is 1. The van der Waals surface area contributed by atoms with Gasteiger partial charge in [0, 0.05) is 38.0 Å². The summed E-state index contributed by atoms with van der Waals surface area (Å²) in [5.74, 6) is -0.188. The van der Waals surface area contributed by atoms with Crippen LogP contribution in [0.5, 0.6) is 0 Å². The van der Waals surface area contributed by atoms with Crippen molar-refractivity contribution in [3.8, 4) is 0 Å². The third kappa shape index (κ3) is 41.1. The molecule has 0 bridgehead atoms. The minimum atomic E-state index is -0.358. The van der Waals surface area contributed by atoms with Gasteiger partial charge < -0.3 is 49.8 Å². The van der Waals surface area contributed by atoms with Gasteiger partial charge in [0.25, 0.3) is 0 Å². The SMILES string of the molecule is CC(C=O)=Nc1ccccc1C.CC(CCC(N)=O)NC(=O)CN.CC=O.CCC(=O)NC(C)CCCN=C(N)N.CCCN=C(N)N. The largest absolute Gasteiger partial charge is 0.370 e. The Morgan fingerprint density at radius 3 is 1.77 bits per heavy atom. The van der Waals surface area contributed by atoms with Crippen molar-refractivity contribution < 1.29 is 24.0 Å². The second kappa shape index (κ2) is 35.0. The van der Waals surface area contributed by atoms with Crippen LogP contribution in [0.3, 0.4) is 0 Å². The summed E-state index contributed by atoms with van der Waals surface area (Å²) >= 11 is 0. The van der Waals surface area contributed by atoms with Gasteiger partial charge in [0.1, 0.15) is 6.29 Å². The van der Waals surface area contributed by atoms with Crippen LogP contribution in [-0.2, 0) is 24.0 Å². The van der Waals surface area contributed by atoms with Crippen LogP contribution in [0.15, 0.2) is 39.2 Å². The molecule has 0 spiro atoms. The number of guanidine groups is 2. The number of nitrogens with two attached hydrogens (primary N) is 6. The number of hydrogen-bond donors (Lipinski definition) is 8. The van der Waals surface area contributed by atoms with Crippen molar-refractivity contribution in [2.75, 3.05) is 19.6 Å². The summed E-state index contributed by atoms with van der Waals surface area (Å²) in [6, 6.07) is 7.86. The molecule has 0 aliphatic heterocycles. The Morgan fingerprint density at radius 1 is 0.854 bits per heavy atom. The highest BCUT2D eigenvalue weighted by atomic mass is 16.2. The van der Waals surface area contributed by atoms with E-state index in [-0.39, 0.29) is 54.7 Å². The number of carbonyl (C=O) groups is 5. The second-order valence-corrected chi connectivity index (χ2v) is 10.1. The van der Waals surface area contributed by atoms with Gasteiger partial charge in [0.15, 0.2) is 18.2 Å². The summed E-state index contributed by atoms with van der Waals surface area (Å²) < 4.78 is 0. The monoisotopic (exact) mass is 679 g/mol. The van der Waals surface area contributed by atoms with Gasteiger partial charge in [0.2, 0.25) is 17.7 Å². The fourth-order valence-electron chi connectivity index (χ4n) is 2.97. The van der Waals surface area contributed by atoms with Gasteiger partial charge in [-0.25, -0.2) is 0 Å². The highest BCUT2D eigenvalue weighted by Crippen LogP contribution is 2.16. The average Bonchev–Trinajstić information content (AvgIpc) is 3.03. The molecule has 0 fully saturated rings. The van der Waals surface area contributed by atoms with Crippen LogP contribution in [0, 0.1) is 6.92 Å². The number of hydrogen-bond acceptors (Lipinski definition) is 9. The van der Waals surface area contributed by atoms with E-state index in [0.29, 0.717) is 25.1 Å². The number of aldehydes is 2.